The van der Waals surface area contributed by atoms with Gasteiger partial charge in [0.1, 0.15) is 5.76 Å². The Kier molecular flexibility index (Phi) is 4.01. The minimum atomic E-state index is -0.00680. The summed E-state index contributed by atoms with van der Waals surface area (Å²) in [5, 5.41) is 6.99. The molecule has 0 aliphatic carbocycles. The maximum Gasteiger partial charge on any atom is 0.226 e. The third-order valence-corrected chi connectivity index (χ3v) is 4.68. The first-order chi connectivity index (χ1) is 10.1. The van der Waals surface area contributed by atoms with Crippen molar-refractivity contribution in [2.24, 2.45) is 0 Å². The summed E-state index contributed by atoms with van der Waals surface area (Å²) < 4.78 is 4.99. The van der Waals surface area contributed by atoms with Crippen molar-refractivity contribution in [1.82, 2.24) is 10.5 Å². The van der Waals surface area contributed by atoms with Gasteiger partial charge in [0, 0.05) is 16.7 Å². The van der Waals surface area contributed by atoms with Gasteiger partial charge in [-0.3, -0.25) is 4.79 Å². The molecule has 0 spiro atoms. The minimum Gasteiger partial charge on any atom is -0.361 e. The van der Waals surface area contributed by atoms with Crippen LogP contribution in [0, 0.1) is 13.8 Å². The Morgan fingerprint density at radius 2 is 2.29 bits per heavy atom. The SMILES string of the molecule is Cc1ccc2c(c1)[C@@H](NC(=O)Cc1cc(C)on1)CCS2. The average Bonchev–Trinajstić information content (AvgIpc) is 2.84. The maximum atomic E-state index is 12.2. The lowest BCUT2D eigenvalue weighted by atomic mass is 10.0. The Bertz CT molecular complexity index is 666. The summed E-state index contributed by atoms with van der Waals surface area (Å²) in [5.74, 6) is 1.75. The standard InChI is InChI=1S/C16H18N2O2S/c1-10-3-4-15-13(7-10)14(5-6-21-15)17-16(19)9-12-8-11(2)20-18-12/h3-4,7-8,14H,5-6,9H2,1-2H3,(H,17,19)/t14-/m0/s1. The van der Waals surface area contributed by atoms with Gasteiger partial charge in [0.25, 0.3) is 0 Å². The van der Waals surface area contributed by atoms with Gasteiger partial charge >= 0.3 is 0 Å². The number of nitrogens with zero attached hydrogens (tertiary/aromatic N) is 1. The first-order valence-electron chi connectivity index (χ1n) is 7.07. The number of benzene rings is 1. The van der Waals surface area contributed by atoms with Gasteiger partial charge in [0.2, 0.25) is 5.91 Å². The van der Waals surface area contributed by atoms with Gasteiger partial charge in [-0.25, -0.2) is 0 Å². The number of carbonyl (C=O) groups excluding carboxylic acids is 1. The van der Waals surface area contributed by atoms with Crippen LogP contribution in [0.1, 0.15) is 35.0 Å². The number of aromatic nitrogens is 1. The molecule has 1 atom stereocenters. The molecule has 21 heavy (non-hydrogen) atoms. The molecule has 110 valence electrons. The van der Waals surface area contributed by atoms with Crippen molar-refractivity contribution >= 4 is 17.7 Å². The first kappa shape index (κ1) is 14.2. The van der Waals surface area contributed by atoms with Crippen LogP contribution in [0.15, 0.2) is 33.7 Å². The summed E-state index contributed by atoms with van der Waals surface area (Å²) in [5.41, 5.74) is 3.14. The van der Waals surface area contributed by atoms with Crippen LogP contribution < -0.4 is 5.32 Å². The van der Waals surface area contributed by atoms with Crippen LogP contribution in [-0.2, 0) is 11.2 Å². The molecule has 0 radical (unpaired) electrons. The number of aryl methyl sites for hydroxylation is 2. The predicted molar refractivity (Wildman–Crippen MR) is 82.3 cm³/mol. The highest BCUT2D eigenvalue weighted by molar-refractivity contribution is 7.99. The fourth-order valence-electron chi connectivity index (χ4n) is 2.57. The Morgan fingerprint density at radius 1 is 1.43 bits per heavy atom. The van der Waals surface area contributed by atoms with Crippen molar-refractivity contribution < 1.29 is 9.32 Å². The van der Waals surface area contributed by atoms with Gasteiger partial charge in [-0.2, -0.15) is 0 Å². The molecule has 1 aromatic heterocycles. The zero-order valence-electron chi connectivity index (χ0n) is 12.2. The minimum absolute atomic E-state index is 0.00680. The van der Waals surface area contributed by atoms with Crippen molar-refractivity contribution in [3.05, 3.63) is 46.8 Å². The van der Waals surface area contributed by atoms with Gasteiger partial charge in [-0.1, -0.05) is 22.9 Å². The molecule has 0 bridgehead atoms. The van der Waals surface area contributed by atoms with Crippen LogP contribution in [-0.4, -0.2) is 16.8 Å². The van der Waals surface area contributed by atoms with E-state index in [1.54, 1.807) is 6.07 Å². The van der Waals surface area contributed by atoms with Crippen molar-refractivity contribution in [3.8, 4) is 0 Å². The third kappa shape index (κ3) is 3.29. The highest BCUT2D eigenvalue weighted by Crippen LogP contribution is 2.36. The average molecular weight is 302 g/mol. The van der Waals surface area contributed by atoms with E-state index in [-0.39, 0.29) is 18.4 Å². The molecule has 5 heteroatoms. The number of hydrogen-bond acceptors (Lipinski definition) is 4. The van der Waals surface area contributed by atoms with Crippen molar-refractivity contribution in [2.45, 2.75) is 37.6 Å². The summed E-state index contributed by atoms with van der Waals surface area (Å²) >= 11 is 1.86. The van der Waals surface area contributed by atoms with E-state index < -0.39 is 0 Å². The molecule has 3 rings (SSSR count). The molecule has 1 aliphatic heterocycles. The second-order valence-corrected chi connectivity index (χ2v) is 6.54. The normalized spacial score (nSPS) is 17.3. The van der Waals surface area contributed by atoms with Crippen LogP contribution in [0.3, 0.4) is 0 Å². The molecule has 1 aromatic carbocycles. The van der Waals surface area contributed by atoms with Gasteiger partial charge in [0.05, 0.1) is 18.2 Å². The zero-order valence-corrected chi connectivity index (χ0v) is 13.0. The molecular formula is C16H18N2O2S. The van der Waals surface area contributed by atoms with Crippen LogP contribution >= 0.6 is 11.8 Å². The molecule has 4 nitrogen and oxygen atoms in total. The maximum absolute atomic E-state index is 12.2. The van der Waals surface area contributed by atoms with Crippen LogP contribution in [0.25, 0.3) is 0 Å². The summed E-state index contributed by atoms with van der Waals surface area (Å²) in [7, 11) is 0. The van der Waals surface area contributed by atoms with Crippen molar-refractivity contribution in [1.29, 1.82) is 0 Å². The van der Waals surface area contributed by atoms with Gasteiger partial charge < -0.3 is 9.84 Å². The summed E-state index contributed by atoms with van der Waals surface area (Å²) in [4.78, 5) is 13.5. The Balaban J connectivity index is 1.71. The first-order valence-corrected chi connectivity index (χ1v) is 8.05. The fourth-order valence-corrected chi connectivity index (χ4v) is 3.68. The lowest BCUT2D eigenvalue weighted by molar-refractivity contribution is -0.121. The molecule has 2 aromatic rings. The fraction of sp³-hybridized carbons (Fsp3) is 0.375. The molecule has 0 saturated heterocycles. The highest BCUT2D eigenvalue weighted by Gasteiger charge is 2.22. The van der Waals surface area contributed by atoms with Crippen LogP contribution in [0.5, 0.6) is 0 Å². The number of fused-ring (bicyclic) bond motifs is 1. The molecule has 2 heterocycles. The topological polar surface area (TPSA) is 55.1 Å². The van der Waals surface area contributed by atoms with Crippen molar-refractivity contribution in [2.75, 3.05) is 5.75 Å². The van der Waals surface area contributed by atoms with E-state index in [0.29, 0.717) is 5.69 Å². The monoisotopic (exact) mass is 302 g/mol. The third-order valence-electron chi connectivity index (χ3n) is 3.56. The predicted octanol–water partition coefficient (Wildman–Crippen LogP) is 3.19. The largest absolute Gasteiger partial charge is 0.361 e. The van der Waals surface area contributed by atoms with Crippen molar-refractivity contribution in [3.63, 3.8) is 0 Å². The van der Waals surface area contributed by atoms with E-state index in [1.165, 1.54) is 16.0 Å². The Morgan fingerprint density at radius 3 is 3.05 bits per heavy atom. The number of rotatable bonds is 3. The zero-order chi connectivity index (χ0) is 14.8. The number of carbonyl (C=O) groups is 1. The Hall–Kier alpha value is -1.75. The second-order valence-electron chi connectivity index (χ2n) is 5.40. The lowest BCUT2D eigenvalue weighted by Crippen LogP contribution is -2.31. The number of nitrogens with one attached hydrogen (secondary N) is 1. The smallest absolute Gasteiger partial charge is 0.226 e. The van der Waals surface area contributed by atoms with E-state index >= 15 is 0 Å². The van der Waals surface area contributed by atoms with Gasteiger partial charge in [-0.15, -0.1) is 11.8 Å². The van der Waals surface area contributed by atoms with Crippen LogP contribution in [0.4, 0.5) is 0 Å². The van der Waals surface area contributed by atoms with E-state index in [0.717, 1.165) is 17.9 Å². The summed E-state index contributed by atoms with van der Waals surface area (Å²) in [6, 6.07) is 8.34. The number of amides is 1. The molecule has 0 unspecified atom stereocenters. The molecule has 1 aliphatic rings. The lowest BCUT2D eigenvalue weighted by Gasteiger charge is -2.26. The van der Waals surface area contributed by atoms with Gasteiger partial charge in [-0.05, 0) is 31.9 Å². The van der Waals surface area contributed by atoms with E-state index in [1.807, 2.05) is 18.7 Å². The molecule has 1 amide bonds. The number of hydrogen-bond donors (Lipinski definition) is 1. The molecule has 1 N–H and O–H groups in total. The molecule has 0 fully saturated rings. The van der Waals surface area contributed by atoms with E-state index in [9.17, 15) is 4.79 Å². The summed E-state index contributed by atoms with van der Waals surface area (Å²) in [6.45, 7) is 3.91. The highest BCUT2D eigenvalue weighted by atomic mass is 32.2. The second kappa shape index (κ2) is 5.93. The molecule has 0 saturated carbocycles. The van der Waals surface area contributed by atoms with E-state index in [4.69, 9.17) is 4.52 Å². The molecular weight excluding hydrogens is 284 g/mol. The van der Waals surface area contributed by atoms with E-state index in [2.05, 4.69) is 35.6 Å². The van der Waals surface area contributed by atoms with Gasteiger partial charge in [0.15, 0.2) is 0 Å². The number of thioether (sulfide) groups is 1. The summed E-state index contributed by atoms with van der Waals surface area (Å²) in [6.07, 6.45) is 1.23. The van der Waals surface area contributed by atoms with Crippen LogP contribution in [0.2, 0.25) is 0 Å². The Labute approximate surface area is 128 Å². The quantitative estimate of drug-likeness (QED) is 0.946.